The number of carbonyl (C=O) groups excluding carboxylic acids is 2. The number of amides is 2. The average molecular weight is 409 g/mol. The van der Waals surface area contributed by atoms with Gasteiger partial charge in [-0.05, 0) is 44.4 Å². The van der Waals surface area contributed by atoms with Crippen molar-refractivity contribution in [3.63, 3.8) is 0 Å². The molecule has 1 aromatic carbocycles. The number of fused-ring (bicyclic) bond motifs is 1. The lowest BCUT2D eigenvalue weighted by atomic mass is 10.2. The Morgan fingerprint density at radius 3 is 2.70 bits per heavy atom. The molecule has 158 valence electrons. The van der Waals surface area contributed by atoms with Gasteiger partial charge in [0.05, 0.1) is 24.1 Å². The topological polar surface area (TPSA) is 76.5 Å². The number of benzene rings is 1. The molecule has 0 saturated carbocycles. The van der Waals surface area contributed by atoms with E-state index in [1.807, 2.05) is 49.5 Å². The van der Waals surface area contributed by atoms with E-state index in [1.165, 1.54) is 0 Å². The van der Waals surface area contributed by atoms with Gasteiger partial charge in [-0.1, -0.05) is 18.2 Å². The molecule has 0 atom stereocenters. The van der Waals surface area contributed by atoms with Crippen molar-refractivity contribution in [3.8, 4) is 0 Å². The van der Waals surface area contributed by atoms with Crippen molar-refractivity contribution in [1.29, 1.82) is 0 Å². The quantitative estimate of drug-likeness (QED) is 0.425. The molecule has 2 heterocycles. The van der Waals surface area contributed by atoms with Crippen molar-refractivity contribution in [1.82, 2.24) is 14.9 Å². The molecular formula is C23H28N4O3. The van der Waals surface area contributed by atoms with Crippen molar-refractivity contribution in [3.05, 3.63) is 60.6 Å². The molecular weight excluding hydrogens is 380 g/mol. The fourth-order valence-electron chi connectivity index (χ4n) is 3.53. The molecule has 0 aliphatic carbocycles. The Kier molecular flexibility index (Phi) is 7.43. The third-order valence-electron chi connectivity index (χ3n) is 4.98. The van der Waals surface area contributed by atoms with Gasteiger partial charge in [0.2, 0.25) is 0 Å². The highest BCUT2D eigenvalue weighted by atomic mass is 16.5. The first-order chi connectivity index (χ1) is 14.7. The number of anilines is 1. The van der Waals surface area contributed by atoms with Crippen molar-refractivity contribution in [2.45, 2.75) is 32.7 Å². The lowest BCUT2D eigenvalue weighted by molar-refractivity contribution is 0.0528. The van der Waals surface area contributed by atoms with Gasteiger partial charge in [0.1, 0.15) is 0 Å². The Morgan fingerprint density at radius 2 is 1.97 bits per heavy atom. The number of hydrogen-bond donors (Lipinski definition) is 1. The standard InChI is InChI=1S/C23H28N4O3/c1-3-30-22(28)20-17-26(21-12-6-5-11-19(20)21)14-7-4-8-15-27(23(29)24-2)18-10-9-13-25-16-18/h5-6,9-13,16-17H,3-4,7-8,14-15H2,1-2H3,(H,24,29). The molecule has 0 bridgehead atoms. The van der Waals surface area contributed by atoms with Crippen LogP contribution in [0, 0.1) is 0 Å². The van der Waals surface area contributed by atoms with Gasteiger partial charge in [0.25, 0.3) is 0 Å². The van der Waals surface area contributed by atoms with Crippen LogP contribution in [0.1, 0.15) is 36.5 Å². The molecule has 0 radical (unpaired) electrons. The Hall–Kier alpha value is -3.35. The predicted octanol–water partition coefficient (Wildman–Crippen LogP) is 4.23. The van der Waals surface area contributed by atoms with E-state index in [0.29, 0.717) is 18.7 Å². The van der Waals surface area contributed by atoms with Crippen LogP contribution in [-0.4, -0.2) is 41.8 Å². The normalized spacial score (nSPS) is 10.7. The Bertz CT molecular complexity index is 985. The highest BCUT2D eigenvalue weighted by Gasteiger charge is 2.16. The van der Waals surface area contributed by atoms with E-state index in [0.717, 1.165) is 42.4 Å². The summed E-state index contributed by atoms with van der Waals surface area (Å²) in [6.45, 7) is 3.58. The van der Waals surface area contributed by atoms with Crippen molar-refractivity contribution in [2.24, 2.45) is 0 Å². The summed E-state index contributed by atoms with van der Waals surface area (Å²) < 4.78 is 7.30. The number of aryl methyl sites for hydroxylation is 1. The van der Waals surface area contributed by atoms with E-state index < -0.39 is 0 Å². The summed E-state index contributed by atoms with van der Waals surface area (Å²) in [7, 11) is 1.63. The number of ether oxygens (including phenoxy) is 1. The van der Waals surface area contributed by atoms with Crippen LogP contribution in [0.4, 0.5) is 10.5 Å². The zero-order chi connectivity index (χ0) is 21.3. The molecule has 0 aliphatic rings. The second-order valence-electron chi connectivity index (χ2n) is 6.95. The second kappa shape index (κ2) is 10.4. The molecule has 30 heavy (non-hydrogen) atoms. The monoisotopic (exact) mass is 408 g/mol. The molecule has 0 aliphatic heterocycles. The number of nitrogens with zero attached hydrogens (tertiary/aromatic N) is 3. The van der Waals surface area contributed by atoms with E-state index in [-0.39, 0.29) is 12.0 Å². The maximum Gasteiger partial charge on any atom is 0.340 e. The first kappa shape index (κ1) is 21.4. The van der Waals surface area contributed by atoms with Crippen molar-refractivity contribution >= 4 is 28.6 Å². The fraction of sp³-hybridized carbons (Fsp3) is 0.348. The van der Waals surface area contributed by atoms with Crippen LogP contribution in [0.5, 0.6) is 0 Å². The van der Waals surface area contributed by atoms with Gasteiger partial charge in [-0.2, -0.15) is 0 Å². The maximum atomic E-state index is 12.3. The summed E-state index contributed by atoms with van der Waals surface area (Å²) in [5.74, 6) is -0.287. The zero-order valence-electron chi connectivity index (χ0n) is 17.5. The van der Waals surface area contributed by atoms with Crippen LogP contribution in [0.15, 0.2) is 55.0 Å². The SMILES string of the molecule is CCOC(=O)c1cn(CCCCCN(C(=O)NC)c2cccnc2)c2ccccc12. The van der Waals surface area contributed by atoms with Gasteiger partial charge < -0.3 is 14.6 Å². The van der Waals surface area contributed by atoms with E-state index >= 15 is 0 Å². The summed E-state index contributed by atoms with van der Waals surface area (Å²) in [4.78, 5) is 30.3. The molecule has 0 unspecified atom stereocenters. The van der Waals surface area contributed by atoms with Crippen molar-refractivity contribution < 1.29 is 14.3 Å². The third kappa shape index (κ3) is 4.97. The third-order valence-corrected chi connectivity index (χ3v) is 4.98. The molecule has 0 spiro atoms. The Labute approximate surface area is 176 Å². The molecule has 1 N–H and O–H groups in total. The minimum atomic E-state index is -0.287. The van der Waals surface area contributed by atoms with Gasteiger partial charge in [0, 0.05) is 43.4 Å². The smallest absolute Gasteiger partial charge is 0.340 e. The van der Waals surface area contributed by atoms with Gasteiger partial charge in [-0.25, -0.2) is 9.59 Å². The highest BCUT2D eigenvalue weighted by Crippen LogP contribution is 2.23. The van der Waals surface area contributed by atoms with Crippen LogP contribution < -0.4 is 10.2 Å². The molecule has 2 aromatic heterocycles. The zero-order valence-corrected chi connectivity index (χ0v) is 17.5. The Balaban J connectivity index is 1.59. The molecule has 0 fully saturated rings. The largest absolute Gasteiger partial charge is 0.462 e. The van der Waals surface area contributed by atoms with Gasteiger partial charge in [-0.3, -0.25) is 9.88 Å². The summed E-state index contributed by atoms with van der Waals surface area (Å²) in [6, 6.07) is 11.4. The number of aromatic nitrogens is 2. The molecule has 7 nitrogen and oxygen atoms in total. The van der Waals surface area contributed by atoms with Crippen LogP contribution in [0.25, 0.3) is 10.9 Å². The van der Waals surface area contributed by atoms with Gasteiger partial charge in [0.15, 0.2) is 0 Å². The van der Waals surface area contributed by atoms with E-state index in [9.17, 15) is 9.59 Å². The van der Waals surface area contributed by atoms with Gasteiger partial charge >= 0.3 is 12.0 Å². The van der Waals surface area contributed by atoms with Crippen LogP contribution in [0.3, 0.4) is 0 Å². The van der Waals surface area contributed by atoms with E-state index in [1.54, 1.807) is 24.3 Å². The molecule has 2 amide bonds. The molecule has 0 saturated heterocycles. The number of rotatable bonds is 9. The van der Waals surface area contributed by atoms with Gasteiger partial charge in [-0.15, -0.1) is 0 Å². The fourth-order valence-corrected chi connectivity index (χ4v) is 3.53. The minimum absolute atomic E-state index is 0.140. The number of carbonyl (C=O) groups is 2. The number of hydrogen-bond acceptors (Lipinski definition) is 4. The highest BCUT2D eigenvalue weighted by molar-refractivity contribution is 6.04. The van der Waals surface area contributed by atoms with E-state index in [4.69, 9.17) is 4.74 Å². The van der Waals surface area contributed by atoms with Crippen LogP contribution >= 0.6 is 0 Å². The Morgan fingerprint density at radius 1 is 1.13 bits per heavy atom. The molecule has 3 aromatic rings. The average Bonchev–Trinajstić information content (AvgIpc) is 3.15. The first-order valence-corrected chi connectivity index (χ1v) is 10.3. The lowest BCUT2D eigenvalue weighted by Crippen LogP contribution is -2.38. The van der Waals surface area contributed by atoms with Crippen LogP contribution in [-0.2, 0) is 11.3 Å². The predicted molar refractivity (Wildman–Crippen MR) is 118 cm³/mol. The number of nitrogens with one attached hydrogen (secondary N) is 1. The summed E-state index contributed by atoms with van der Waals surface area (Å²) >= 11 is 0. The van der Waals surface area contributed by atoms with Crippen molar-refractivity contribution in [2.75, 3.05) is 25.1 Å². The van der Waals surface area contributed by atoms with E-state index in [2.05, 4.69) is 14.9 Å². The number of esters is 1. The number of unbranched alkanes of at least 4 members (excludes halogenated alkanes) is 2. The van der Waals surface area contributed by atoms with Crippen LogP contribution in [0.2, 0.25) is 0 Å². The molecule has 3 rings (SSSR count). The molecule has 7 heteroatoms. The summed E-state index contributed by atoms with van der Waals surface area (Å²) in [5, 5.41) is 3.60. The number of para-hydroxylation sites is 1. The maximum absolute atomic E-state index is 12.3. The first-order valence-electron chi connectivity index (χ1n) is 10.3. The second-order valence-corrected chi connectivity index (χ2v) is 6.95. The summed E-state index contributed by atoms with van der Waals surface area (Å²) in [5.41, 5.74) is 2.42. The minimum Gasteiger partial charge on any atom is -0.462 e. The lowest BCUT2D eigenvalue weighted by Gasteiger charge is -2.21. The summed E-state index contributed by atoms with van der Waals surface area (Å²) in [6.07, 6.45) is 8.03. The number of pyridine rings is 1. The number of urea groups is 1.